The first-order valence-electron chi connectivity index (χ1n) is 6.10. The summed E-state index contributed by atoms with van der Waals surface area (Å²) in [7, 11) is 0. The highest BCUT2D eigenvalue weighted by Crippen LogP contribution is 2.12. The van der Waals surface area contributed by atoms with E-state index in [4.69, 9.17) is 5.73 Å². The van der Waals surface area contributed by atoms with E-state index >= 15 is 0 Å². The zero-order chi connectivity index (χ0) is 11.8. The Morgan fingerprint density at radius 2 is 1.87 bits per heavy atom. The summed E-state index contributed by atoms with van der Waals surface area (Å²) in [6, 6.07) is 0.345. The predicted molar refractivity (Wildman–Crippen MR) is 64.6 cm³/mol. The number of amides is 1. The zero-order valence-corrected chi connectivity index (χ0v) is 10.6. The summed E-state index contributed by atoms with van der Waals surface area (Å²) in [6.45, 7) is 9.75. The summed E-state index contributed by atoms with van der Waals surface area (Å²) in [6.07, 6.45) is 2.60. The molecule has 0 saturated carbocycles. The molecule has 0 fully saturated rings. The molecular weight excluding hydrogens is 188 g/mol. The van der Waals surface area contributed by atoms with Crippen LogP contribution in [0.4, 0.5) is 0 Å². The molecule has 2 atom stereocenters. The van der Waals surface area contributed by atoms with Crippen LogP contribution in [0.15, 0.2) is 0 Å². The van der Waals surface area contributed by atoms with Crippen LogP contribution in [0.25, 0.3) is 0 Å². The molecule has 2 unspecified atom stereocenters. The summed E-state index contributed by atoms with van der Waals surface area (Å²) in [5.41, 5.74) is 5.61. The van der Waals surface area contributed by atoms with Crippen LogP contribution in [0.3, 0.4) is 0 Å². The van der Waals surface area contributed by atoms with Crippen molar-refractivity contribution in [2.75, 3.05) is 13.1 Å². The average molecular weight is 214 g/mol. The molecule has 2 N–H and O–H groups in total. The maximum Gasteiger partial charge on any atom is 0.223 e. The van der Waals surface area contributed by atoms with Crippen molar-refractivity contribution in [2.45, 2.75) is 53.0 Å². The number of nitrogens with zero attached hydrogens (tertiary/aromatic N) is 1. The van der Waals surface area contributed by atoms with Gasteiger partial charge in [-0.25, -0.2) is 0 Å². The van der Waals surface area contributed by atoms with E-state index in [2.05, 4.69) is 20.8 Å². The fourth-order valence-electron chi connectivity index (χ4n) is 1.71. The Labute approximate surface area is 94.0 Å². The van der Waals surface area contributed by atoms with Crippen molar-refractivity contribution in [2.24, 2.45) is 11.7 Å². The smallest absolute Gasteiger partial charge is 0.223 e. The van der Waals surface area contributed by atoms with E-state index < -0.39 is 0 Å². The molecule has 0 radical (unpaired) electrons. The SMILES string of the molecule is CCC(CN)CC(=O)N(CC)C(C)CC. The molecule has 90 valence electrons. The largest absolute Gasteiger partial charge is 0.340 e. The van der Waals surface area contributed by atoms with Crippen molar-refractivity contribution in [1.82, 2.24) is 4.90 Å². The summed E-state index contributed by atoms with van der Waals surface area (Å²) in [5, 5.41) is 0. The molecule has 0 aliphatic rings. The van der Waals surface area contributed by atoms with Crippen molar-refractivity contribution in [1.29, 1.82) is 0 Å². The molecule has 3 nitrogen and oxygen atoms in total. The molecule has 0 rings (SSSR count). The lowest BCUT2D eigenvalue weighted by Gasteiger charge is -2.28. The van der Waals surface area contributed by atoms with Gasteiger partial charge in [0.2, 0.25) is 5.91 Å². The van der Waals surface area contributed by atoms with Gasteiger partial charge in [0, 0.05) is 19.0 Å². The lowest BCUT2D eigenvalue weighted by Crippen LogP contribution is -2.39. The Balaban J connectivity index is 4.26. The van der Waals surface area contributed by atoms with E-state index in [0.29, 0.717) is 24.9 Å². The molecule has 15 heavy (non-hydrogen) atoms. The molecule has 0 aromatic carbocycles. The molecule has 1 amide bonds. The summed E-state index contributed by atoms with van der Waals surface area (Å²) in [5.74, 6) is 0.597. The third-order valence-corrected chi connectivity index (χ3v) is 3.16. The maximum absolute atomic E-state index is 12.0. The van der Waals surface area contributed by atoms with Crippen LogP contribution < -0.4 is 5.73 Å². The van der Waals surface area contributed by atoms with E-state index in [0.717, 1.165) is 19.4 Å². The Morgan fingerprint density at radius 3 is 2.20 bits per heavy atom. The molecule has 0 aromatic heterocycles. The fraction of sp³-hybridized carbons (Fsp3) is 0.917. The standard InChI is InChI=1S/C12H26N2O/c1-5-10(4)14(7-3)12(15)8-11(6-2)9-13/h10-11H,5-9,13H2,1-4H3. The second kappa shape index (κ2) is 7.69. The summed E-state index contributed by atoms with van der Waals surface area (Å²) in [4.78, 5) is 13.9. The second-order valence-corrected chi connectivity index (χ2v) is 4.15. The van der Waals surface area contributed by atoms with Crippen molar-refractivity contribution in [3.8, 4) is 0 Å². The van der Waals surface area contributed by atoms with E-state index in [1.54, 1.807) is 0 Å². The lowest BCUT2D eigenvalue weighted by molar-refractivity contribution is -0.134. The van der Waals surface area contributed by atoms with Crippen LogP contribution in [0.5, 0.6) is 0 Å². The first-order chi connectivity index (χ1) is 7.10. The van der Waals surface area contributed by atoms with Crippen LogP contribution >= 0.6 is 0 Å². The van der Waals surface area contributed by atoms with Crippen molar-refractivity contribution in [3.05, 3.63) is 0 Å². The molecule has 0 aromatic rings. The Hall–Kier alpha value is -0.570. The van der Waals surface area contributed by atoms with Gasteiger partial charge in [0.25, 0.3) is 0 Å². The molecule has 0 aliphatic heterocycles. The van der Waals surface area contributed by atoms with Crippen LogP contribution in [0.2, 0.25) is 0 Å². The molecule has 0 bridgehead atoms. The number of hydrogen-bond donors (Lipinski definition) is 1. The third kappa shape index (κ3) is 4.65. The van der Waals surface area contributed by atoms with E-state index in [9.17, 15) is 4.79 Å². The van der Waals surface area contributed by atoms with Gasteiger partial charge >= 0.3 is 0 Å². The minimum absolute atomic E-state index is 0.254. The van der Waals surface area contributed by atoms with Gasteiger partial charge in [-0.2, -0.15) is 0 Å². The van der Waals surface area contributed by atoms with Gasteiger partial charge in [0.15, 0.2) is 0 Å². The predicted octanol–water partition coefficient (Wildman–Crippen LogP) is 2.01. The van der Waals surface area contributed by atoms with Gasteiger partial charge in [-0.05, 0) is 32.7 Å². The van der Waals surface area contributed by atoms with Gasteiger partial charge in [0.05, 0.1) is 0 Å². The van der Waals surface area contributed by atoms with Crippen LogP contribution in [-0.2, 0) is 4.79 Å². The highest BCUT2D eigenvalue weighted by molar-refractivity contribution is 5.76. The number of carbonyl (C=O) groups excluding carboxylic acids is 1. The van der Waals surface area contributed by atoms with Gasteiger partial charge in [0.1, 0.15) is 0 Å². The molecule has 0 spiro atoms. The fourth-order valence-corrected chi connectivity index (χ4v) is 1.71. The topological polar surface area (TPSA) is 46.3 Å². The number of carbonyl (C=O) groups is 1. The molecular formula is C12H26N2O. The van der Waals surface area contributed by atoms with Crippen LogP contribution in [0.1, 0.15) is 47.0 Å². The van der Waals surface area contributed by atoms with E-state index in [1.165, 1.54) is 0 Å². The number of hydrogen-bond acceptors (Lipinski definition) is 2. The van der Waals surface area contributed by atoms with Crippen LogP contribution in [0, 0.1) is 5.92 Å². The first kappa shape index (κ1) is 14.4. The normalized spacial score (nSPS) is 14.7. The highest BCUT2D eigenvalue weighted by Gasteiger charge is 2.19. The monoisotopic (exact) mass is 214 g/mol. The minimum Gasteiger partial charge on any atom is -0.340 e. The third-order valence-electron chi connectivity index (χ3n) is 3.16. The van der Waals surface area contributed by atoms with Gasteiger partial charge in [-0.15, -0.1) is 0 Å². The average Bonchev–Trinajstić information content (AvgIpc) is 2.26. The number of rotatable bonds is 7. The quantitative estimate of drug-likeness (QED) is 0.704. The minimum atomic E-state index is 0.254. The summed E-state index contributed by atoms with van der Waals surface area (Å²) < 4.78 is 0. The Morgan fingerprint density at radius 1 is 1.27 bits per heavy atom. The Bertz CT molecular complexity index is 178. The number of nitrogens with two attached hydrogens (primary N) is 1. The molecule has 0 aliphatic carbocycles. The maximum atomic E-state index is 12.0. The lowest BCUT2D eigenvalue weighted by atomic mass is 10.0. The molecule has 3 heteroatoms. The van der Waals surface area contributed by atoms with Gasteiger partial charge in [-0.3, -0.25) is 4.79 Å². The van der Waals surface area contributed by atoms with Gasteiger partial charge < -0.3 is 10.6 Å². The molecule has 0 saturated heterocycles. The van der Waals surface area contributed by atoms with Crippen molar-refractivity contribution >= 4 is 5.91 Å². The highest BCUT2D eigenvalue weighted by atomic mass is 16.2. The van der Waals surface area contributed by atoms with Crippen LogP contribution in [-0.4, -0.2) is 29.9 Å². The van der Waals surface area contributed by atoms with Crippen molar-refractivity contribution < 1.29 is 4.79 Å². The van der Waals surface area contributed by atoms with E-state index in [-0.39, 0.29) is 5.91 Å². The first-order valence-corrected chi connectivity index (χ1v) is 6.10. The second-order valence-electron chi connectivity index (χ2n) is 4.15. The molecule has 0 heterocycles. The Kier molecular flexibility index (Phi) is 7.39. The summed E-state index contributed by atoms with van der Waals surface area (Å²) >= 11 is 0. The zero-order valence-electron chi connectivity index (χ0n) is 10.6. The van der Waals surface area contributed by atoms with E-state index in [1.807, 2.05) is 11.8 Å². The van der Waals surface area contributed by atoms with Crippen molar-refractivity contribution in [3.63, 3.8) is 0 Å². The van der Waals surface area contributed by atoms with Gasteiger partial charge in [-0.1, -0.05) is 20.3 Å².